The fraction of sp³-hybridized carbons (Fsp3) is 0.167. The molecule has 104 valence electrons. The predicted octanol–water partition coefficient (Wildman–Crippen LogP) is 2.00. The largest absolute Gasteiger partial charge is 0.462 e. The summed E-state index contributed by atoms with van der Waals surface area (Å²) in [6, 6.07) is 4.75. The standard InChI is InChI=1S/C12H11BrN4O3/c1-2-20-12(19)7-3-4-9(8(13)5-7)16-11(18)10-14-6-15-17-10/h3-6H,2H2,1H3,(H,16,18)(H,14,15,17). The number of benzene rings is 1. The van der Waals surface area contributed by atoms with Gasteiger partial charge in [0.25, 0.3) is 5.91 Å². The van der Waals surface area contributed by atoms with Crippen LogP contribution < -0.4 is 5.32 Å². The molecule has 2 N–H and O–H groups in total. The van der Waals surface area contributed by atoms with Crippen molar-refractivity contribution in [2.24, 2.45) is 0 Å². The number of esters is 1. The van der Waals surface area contributed by atoms with E-state index in [2.05, 4.69) is 36.4 Å². The minimum absolute atomic E-state index is 0.103. The maximum Gasteiger partial charge on any atom is 0.338 e. The van der Waals surface area contributed by atoms with Crippen LogP contribution >= 0.6 is 15.9 Å². The van der Waals surface area contributed by atoms with Crippen molar-refractivity contribution in [2.75, 3.05) is 11.9 Å². The fourth-order valence-electron chi connectivity index (χ4n) is 1.45. The summed E-state index contributed by atoms with van der Waals surface area (Å²) in [5, 5.41) is 8.69. The first-order chi connectivity index (χ1) is 9.61. The first-order valence-electron chi connectivity index (χ1n) is 5.75. The Hall–Kier alpha value is -2.22. The van der Waals surface area contributed by atoms with E-state index in [0.717, 1.165) is 0 Å². The van der Waals surface area contributed by atoms with Crippen molar-refractivity contribution in [1.82, 2.24) is 15.2 Å². The number of amides is 1. The maximum atomic E-state index is 11.8. The smallest absolute Gasteiger partial charge is 0.338 e. The Bertz CT molecular complexity index is 628. The molecule has 0 spiro atoms. The minimum Gasteiger partial charge on any atom is -0.462 e. The van der Waals surface area contributed by atoms with E-state index < -0.39 is 11.9 Å². The molecule has 0 saturated carbocycles. The lowest BCUT2D eigenvalue weighted by Gasteiger charge is -2.08. The van der Waals surface area contributed by atoms with E-state index in [4.69, 9.17) is 4.74 Å². The topological polar surface area (TPSA) is 97.0 Å². The van der Waals surface area contributed by atoms with Crippen molar-refractivity contribution in [3.63, 3.8) is 0 Å². The zero-order chi connectivity index (χ0) is 14.5. The van der Waals surface area contributed by atoms with Crippen molar-refractivity contribution < 1.29 is 14.3 Å². The van der Waals surface area contributed by atoms with Crippen LogP contribution in [0.1, 0.15) is 27.9 Å². The summed E-state index contributed by atoms with van der Waals surface area (Å²) in [5.41, 5.74) is 0.913. The van der Waals surface area contributed by atoms with E-state index in [9.17, 15) is 9.59 Å². The third-order valence-corrected chi connectivity index (χ3v) is 3.01. The second-order valence-electron chi connectivity index (χ2n) is 3.70. The highest BCUT2D eigenvalue weighted by Gasteiger charge is 2.13. The molecular formula is C12H11BrN4O3. The number of carbonyl (C=O) groups excluding carboxylic acids is 2. The number of anilines is 1. The molecule has 1 heterocycles. The van der Waals surface area contributed by atoms with Gasteiger partial charge in [0, 0.05) is 4.47 Å². The van der Waals surface area contributed by atoms with Gasteiger partial charge >= 0.3 is 5.97 Å². The zero-order valence-electron chi connectivity index (χ0n) is 10.5. The quantitative estimate of drug-likeness (QED) is 0.831. The fourth-order valence-corrected chi connectivity index (χ4v) is 1.93. The molecule has 0 bridgehead atoms. The van der Waals surface area contributed by atoms with Gasteiger partial charge in [-0.15, -0.1) is 0 Å². The van der Waals surface area contributed by atoms with Crippen LogP contribution in [-0.4, -0.2) is 33.7 Å². The van der Waals surface area contributed by atoms with Gasteiger partial charge in [0.1, 0.15) is 6.33 Å². The van der Waals surface area contributed by atoms with Crippen molar-refractivity contribution >= 4 is 33.5 Å². The van der Waals surface area contributed by atoms with Crippen molar-refractivity contribution in [3.8, 4) is 0 Å². The molecule has 8 heteroatoms. The third kappa shape index (κ3) is 3.21. The number of halogens is 1. The Morgan fingerprint density at radius 1 is 1.45 bits per heavy atom. The zero-order valence-corrected chi connectivity index (χ0v) is 12.1. The minimum atomic E-state index is -0.424. The summed E-state index contributed by atoms with van der Waals surface area (Å²) in [4.78, 5) is 27.1. The monoisotopic (exact) mass is 338 g/mol. The van der Waals surface area contributed by atoms with Gasteiger partial charge in [-0.05, 0) is 41.1 Å². The molecule has 0 atom stereocenters. The second-order valence-corrected chi connectivity index (χ2v) is 4.56. The van der Waals surface area contributed by atoms with Gasteiger partial charge in [-0.1, -0.05) is 0 Å². The summed E-state index contributed by atoms with van der Waals surface area (Å²) in [6.45, 7) is 2.04. The van der Waals surface area contributed by atoms with E-state index in [1.54, 1.807) is 25.1 Å². The SMILES string of the molecule is CCOC(=O)c1ccc(NC(=O)c2ncn[nH]2)c(Br)c1. The number of ether oxygens (including phenoxy) is 1. The average Bonchev–Trinajstić information content (AvgIpc) is 2.95. The van der Waals surface area contributed by atoms with E-state index in [0.29, 0.717) is 22.3 Å². The molecule has 1 aromatic carbocycles. The van der Waals surface area contributed by atoms with E-state index >= 15 is 0 Å². The van der Waals surface area contributed by atoms with Crippen LogP contribution in [0.3, 0.4) is 0 Å². The highest BCUT2D eigenvalue weighted by atomic mass is 79.9. The average molecular weight is 339 g/mol. The van der Waals surface area contributed by atoms with Crippen LogP contribution in [0.4, 0.5) is 5.69 Å². The number of aromatic nitrogens is 3. The number of hydrogen-bond acceptors (Lipinski definition) is 5. The Morgan fingerprint density at radius 2 is 2.25 bits per heavy atom. The molecule has 0 aliphatic carbocycles. The molecule has 0 aliphatic heterocycles. The summed E-state index contributed by atoms with van der Waals surface area (Å²) in [6.07, 6.45) is 1.24. The van der Waals surface area contributed by atoms with Crippen molar-refractivity contribution in [3.05, 3.63) is 40.4 Å². The van der Waals surface area contributed by atoms with Crippen LogP contribution in [-0.2, 0) is 4.74 Å². The molecule has 0 fully saturated rings. The van der Waals surface area contributed by atoms with E-state index in [1.165, 1.54) is 6.33 Å². The Labute approximate surface area is 122 Å². The van der Waals surface area contributed by atoms with Crippen LogP contribution in [0.2, 0.25) is 0 Å². The van der Waals surface area contributed by atoms with Crippen LogP contribution in [0.25, 0.3) is 0 Å². The van der Waals surface area contributed by atoms with Crippen LogP contribution in [0.15, 0.2) is 29.0 Å². The van der Waals surface area contributed by atoms with Gasteiger partial charge in [-0.3, -0.25) is 9.89 Å². The lowest BCUT2D eigenvalue weighted by molar-refractivity contribution is 0.0526. The van der Waals surface area contributed by atoms with Gasteiger partial charge < -0.3 is 10.1 Å². The van der Waals surface area contributed by atoms with Gasteiger partial charge in [0.15, 0.2) is 0 Å². The summed E-state index contributed by atoms with van der Waals surface area (Å²) < 4.78 is 5.46. The van der Waals surface area contributed by atoms with Crippen molar-refractivity contribution in [1.29, 1.82) is 0 Å². The summed E-state index contributed by atoms with van der Waals surface area (Å²) in [7, 11) is 0. The Kier molecular flexibility index (Phi) is 4.46. The highest BCUT2D eigenvalue weighted by Crippen LogP contribution is 2.24. The van der Waals surface area contributed by atoms with Crippen molar-refractivity contribution in [2.45, 2.75) is 6.92 Å². The molecule has 2 aromatic rings. The molecule has 0 unspecified atom stereocenters. The molecule has 0 aliphatic rings. The number of aromatic amines is 1. The Morgan fingerprint density at radius 3 is 2.85 bits per heavy atom. The first-order valence-corrected chi connectivity index (χ1v) is 6.54. The highest BCUT2D eigenvalue weighted by molar-refractivity contribution is 9.10. The molecule has 0 saturated heterocycles. The molecule has 0 radical (unpaired) electrons. The molecular weight excluding hydrogens is 328 g/mol. The number of rotatable bonds is 4. The van der Waals surface area contributed by atoms with Gasteiger partial charge in [0.05, 0.1) is 17.9 Å². The summed E-state index contributed by atoms with van der Waals surface area (Å²) >= 11 is 3.29. The molecule has 1 aromatic heterocycles. The number of hydrogen-bond donors (Lipinski definition) is 2. The first kappa shape index (κ1) is 14.2. The van der Waals surface area contributed by atoms with Gasteiger partial charge in [-0.2, -0.15) is 5.10 Å². The van der Waals surface area contributed by atoms with Gasteiger partial charge in [0.2, 0.25) is 5.82 Å². The molecule has 2 rings (SSSR count). The number of nitrogens with zero attached hydrogens (tertiary/aromatic N) is 2. The van der Waals surface area contributed by atoms with E-state index in [-0.39, 0.29) is 5.82 Å². The lowest BCUT2D eigenvalue weighted by Crippen LogP contribution is -2.14. The second kappa shape index (κ2) is 6.29. The normalized spacial score (nSPS) is 10.1. The van der Waals surface area contributed by atoms with E-state index in [1.807, 2.05) is 0 Å². The number of nitrogens with one attached hydrogen (secondary N) is 2. The molecule has 7 nitrogen and oxygen atoms in total. The predicted molar refractivity (Wildman–Crippen MR) is 74.4 cm³/mol. The molecule has 1 amide bonds. The van der Waals surface area contributed by atoms with Gasteiger partial charge in [-0.25, -0.2) is 9.78 Å². The van der Waals surface area contributed by atoms with Crippen LogP contribution in [0.5, 0.6) is 0 Å². The Balaban J connectivity index is 2.14. The summed E-state index contributed by atoms with van der Waals surface area (Å²) in [5.74, 6) is -0.736. The third-order valence-electron chi connectivity index (χ3n) is 2.36. The maximum absolute atomic E-state index is 11.8. The lowest BCUT2D eigenvalue weighted by atomic mass is 10.2. The number of H-pyrrole nitrogens is 1. The van der Waals surface area contributed by atoms with Crippen LogP contribution in [0, 0.1) is 0 Å². The number of carbonyl (C=O) groups is 2. The molecule has 20 heavy (non-hydrogen) atoms.